The molecule has 1 aliphatic heterocycles. The zero-order chi connectivity index (χ0) is 14.8. The van der Waals surface area contributed by atoms with E-state index in [1.165, 1.54) is 6.07 Å². The summed E-state index contributed by atoms with van der Waals surface area (Å²) in [6.45, 7) is 3.59. The Morgan fingerprint density at radius 2 is 2.20 bits per heavy atom. The summed E-state index contributed by atoms with van der Waals surface area (Å²) < 4.78 is 44.3. The Balaban J connectivity index is 2.31. The zero-order valence-corrected chi connectivity index (χ0v) is 11.1. The SMILES string of the molecule is CCC1CN(c2ccc(C=O)c(C(F)(F)F)c2)CCO1. The first kappa shape index (κ1) is 14.8. The van der Waals surface area contributed by atoms with E-state index < -0.39 is 11.7 Å². The Morgan fingerprint density at radius 3 is 2.80 bits per heavy atom. The smallest absolute Gasteiger partial charge is 0.375 e. The van der Waals surface area contributed by atoms with Gasteiger partial charge in [0.25, 0.3) is 0 Å². The number of morpholine rings is 1. The largest absolute Gasteiger partial charge is 0.417 e. The highest BCUT2D eigenvalue weighted by atomic mass is 19.4. The lowest BCUT2D eigenvalue weighted by Gasteiger charge is -2.34. The first-order chi connectivity index (χ1) is 9.45. The van der Waals surface area contributed by atoms with E-state index in [9.17, 15) is 18.0 Å². The number of halogens is 3. The molecule has 1 heterocycles. The molecule has 3 nitrogen and oxygen atoms in total. The Labute approximate surface area is 115 Å². The van der Waals surface area contributed by atoms with Gasteiger partial charge in [0.2, 0.25) is 0 Å². The maximum Gasteiger partial charge on any atom is 0.417 e. The summed E-state index contributed by atoms with van der Waals surface area (Å²) in [7, 11) is 0. The maximum absolute atomic E-state index is 12.9. The molecule has 0 N–H and O–H groups in total. The van der Waals surface area contributed by atoms with Crippen molar-refractivity contribution in [2.75, 3.05) is 24.6 Å². The van der Waals surface area contributed by atoms with Crippen molar-refractivity contribution in [2.45, 2.75) is 25.6 Å². The summed E-state index contributed by atoms with van der Waals surface area (Å²) in [5.74, 6) is 0. The van der Waals surface area contributed by atoms with Crippen LogP contribution in [0.3, 0.4) is 0 Å². The predicted octanol–water partition coefficient (Wildman–Crippen LogP) is 3.13. The second kappa shape index (κ2) is 5.83. The average molecular weight is 287 g/mol. The minimum atomic E-state index is -4.53. The quantitative estimate of drug-likeness (QED) is 0.800. The van der Waals surface area contributed by atoms with E-state index in [2.05, 4.69) is 0 Å². The zero-order valence-electron chi connectivity index (χ0n) is 11.1. The van der Waals surface area contributed by atoms with E-state index in [1.807, 2.05) is 11.8 Å². The van der Waals surface area contributed by atoms with Crippen LogP contribution < -0.4 is 4.90 Å². The number of rotatable bonds is 3. The Kier molecular flexibility index (Phi) is 4.32. The second-order valence-electron chi connectivity index (χ2n) is 4.73. The first-order valence-corrected chi connectivity index (χ1v) is 6.48. The molecule has 6 heteroatoms. The number of nitrogens with zero attached hydrogens (tertiary/aromatic N) is 1. The van der Waals surface area contributed by atoms with Crippen molar-refractivity contribution in [3.63, 3.8) is 0 Å². The molecule has 1 fully saturated rings. The van der Waals surface area contributed by atoms with E-state index in [4.69, 9.17) is 4.74 Å². The fourth-order valence-electron chi connectivity index (χ4n) is 2.29. The van der Waals surface area contributed by atoms with Crippen LogP contribution in [0.25, 0.3) is 0 Å². The third-order valence-electron chi connectivity index (χ3n) is 3.43. The molecule has 1 unspecified atom stereocenters. The van der Waals surface area contributed by atoms with E-state index in [0.29, 0.717) is 25.4 Å². The highest BCUT2D eigenvalue weighted by molar-refractivity contribution is 5.79. The third-order valence-corrected chi connectivity index (χ3v) is 3.43. The molecule has 1 aromatic carbocycles. The van der Waals surface area contributed by atoms with Crippen molar-refractivity contribution in [3.05, 3.63) is 29.3 Å². The molecule has 1 aliphatic rings. The fourth-order valence-corrected chi connectivity index (χ4v) is 2.29. The van der Waals surface area contributed by atoms with Gasteiger partial charge < -0.3 is 9.64 Å². The Bertz CT molecular complexity index is 488. The molecule has 0 aliphatic carbocycles. The van der Waals surface area contributed by atoms with Gasteiger partial charge in [0.15, 0.2) is 6.29 Å². The number of ether oxygens (including phenoxy) is 1. The molecule has 1 atom stereocenters. The molecular weight excluding hydrogens is 271 g/mol. The van der Waals surface area contributed by atoms with Gasteiger partial charge in [-0.05, 0) is 24.6 Å². The third kappa shape index (κ3) is 3.12. The molecule has 0 spiro atoms. The number of carbonyl (C=O) groups is 1. The molecule has 1 aromatic rings. The van der Waals surface area contributed by atoms with Crippen LogP contribution in [-0.4, -0.2) is 32.1 Å². The highest BCUT2D eigenvalue weighted by Crippen LogP contribution is 2.34. The van der Waals surface area contributed by atoms with Crippen LogP contribution in [0.5, 0.6) is 0 Å². The lowest BCUT2D eigenvalue weighted by molar-refractivity contribution is -0.137. The summed E-state index contributed by atoms with van der Waals surface area (Å²) in [5.41, 5.74) is -0.740. The van der Waals surface area contributed by atoms with Gasteiger partial charge in [-0.2, -0.15) is 13.2 Å². The van der Waals surface area contributed by atoms with Crippen molar-refractivity contribution < 1.29 is 22.7 Å². The fraction of sp³-hybridized carbons (Fsp3) is 0.500. The lowest BCUT2D eigenvalue weighted by Crippen LogP contribution is -2.42. The highest BCUT2D eigenvalue weighted by Gasteiger charge is 2.34. The molecular formula is C14H16F3NO2. The number of anilines is 1. The van der Waals surface area contributed by atoms with Crippen molar-refractivity contribution in [1.82, 2.24) is 0 Å². The van der Waals surface area contributed by atoms with Crippen LogP contribution in [-0.2, 0) is 10.9 Å². The monoisotopic (exact) mass is 287 g/mol. The summed E-state index contributed by atoms with van der Waals surface area (Å²) >= 11 is 0. The van der Waals surface area contributed by atoms with Crippen LogP contribution in [0.15, 0.2) is 18.2 Å². The van der Waals surface area contributed by atoms with Gasteiger partial charge in [0, 0.05) is 24.3 Å². The summed E-state index contributed by atoms with van der Waals surface area (Å²) in [4.78, 5) is 12.6. The van der Waals surface area contributed by atoms with Crippen LogP contribution in [0.1, 0.15) is 29.3 Å². The van der Waals surface area contributed by atoms with Crippen LogP contribution in [0.2, 0.25) is 0 Å². The number of benzene rings is 1. The van der Waals surface area contributed by atoms with Gasteiger partial charge in [-0.25, -0.2) is 0 Å². The number of hydrogen-bond acceptors (Lipinski definition) is 3. The number of aldehydes is 1. The number of hydrogen-bond donors (Lipinski definition) is 0. The van der Waals surface area contributed by atoms with Gasteiger partial charge in [0.1, 0.15) is 0 Å². The molecule has 0 saturated carbocycles. The summed E-state index contributed by atoms with van der Waals surface area (Å²) in [6.07, 6.45) is -3.44. The predicted molar refractivity (Wildman–Crippen MR) is 69.1 cm³/mol. The van der Waals surface area contributed by atoms with Crippen LogP contribution in [0, 0.1) is 0 Å². The van der Waals surface area contributed by atoms with Gasteiger partial charge in [-0.1, -0.05) is 6.92 Å². The maximum atomic E-state index is 12.9. The van der Waals surface area contributed by atoms with Crippen molar-refractivity contribution in [1.29, 1.82) is 0 Å². The standard InChI is InChI=1S/C14H16F3NO2/c1-2-12-8-18(5-6-20-12)11-4-3-10(9-19)13(7-11)14(15,16)17/h3-4,7,9,12H,2,5-6,8H2,1H3. The van der Waals surface area contributed by atoms with Crippen molar-refractivity contribution in [3.8, 4) is 0 Å². The molecule has 2 rings (SSSR count). The van der Waals surface area contributed by atoms with Gasteiger partial charge >= 0.3 is 6.18 Å². The van der Waals surface area contributed by atoms with E-state index in [0.717, 1.165) is 12.5 Å². The van der Waals surface area contributed by atoms with Gasteiger partial charge in [-0.3, -0.25) is 4.79 Å². The van der Waals surface area contributed by atoms with Gasteiger partial charge in [0.05, 0.1) is 18.3 Å². The minimum absolute atomic E-state index is 0.0313. The topological polar surface area (TPSA) is 29.5 Å². The van der Waals surface area contributed by atoms with E-state index >= 15 is 0 Å². The minimum Gasteiger partial charge on any atom is -0.375 e. The first-order valence-electron chi connectivity index (χ1n) is 6.48. The van der Waals surface area contributed by atoms with Crippen molar-refractivity contribution >= 4 is 12.0 Å². The average Bonchev–Trinajstić information content (AvgIpc) is 2.45. The van der Waals surface area contributed by atoms with Crippen LogP contribution >= 0.6 is 0 Å². The summed E-state index contributed by atoms with van der Waals surface area (Å²) in [5, 5.41) is 0. The Morgan fingerprint density at radius 1 is 1.45 bits per heavy atom. The Hall–Kier alpha value is -1.56. The van der Waals surface area contributed by atoms with E-state index in [1.54, 1.807) is 6.07 Å². The van der Waals surface area contributed by atoms with Crippen LogP contribution in [0.4, 0.5) is 18.9 Å². The van der Waals surface area contributed by atoms with Gasteiger partial charge in [-0.15, -0.1) is 0 Å². The second-order valence-corrected chi connectivity index (χ2v) is 4.73. The molecule has 0 amide bonds. The number of alkyl halides is 3. The lowest BCUT2D eigenvalue weighted by atomic mass is 10.1. The molecule has 1 saturated heterocycles. The summed E-state index contributed by atoms with van der Waals surface area (Å²) in [6, 6.07) is 3.82. The van der Waals surface area contributed by atoms with Crippen molar-refractivity contribution in [2.24, 2.45) is 0 Å². The molecule has 0 radical (unpaired) electrons. The molecule has 110 valence electrons. The normalized spacial score (nSPS) is 20.0. The van der Waals surface area contributed by atoms with E-state index in [-0.39, 0.29) is 18.0 Å². The molecule has 20 heavy (non-hydrogen) atoms. The number of carbonyl (C=O) groups excluding carboxylic acids is 1. The molecule has 0 bridgehead atoms. The molecule has 0 aromatic heterocycles.